The Kier molecular flexibility index (Phi) is 4.91. The van der Waals surface area contributed by atoms with E-state index in [4.69, 9.17) is 0 Å². The first-order valence-electron chi connectivity index (χ1n) is 8.71. The van der Waals surface area contributed by atoms with Crippen LogP contribution >= 0.6 is 0 Å². The highest BCUT2D eigenvalue weighted by molar-refractivity contribution is 5.95. The van der Waals surface area contributed by atoms with E-state index in [2.05, 4.69) is 0 Å². The SMILES string of the molecule is CC(C)(O)CCc1cccc(C(=O)N2CC[C@H]2c2ccc(F)cc2)c1. The summed E-state index contributed by atoms with van der Waals surface area (Å²) < 4.78 is 13.1. The Morgan fingerprint density at radius 3 is 2.56 bits per heavy atom. The molecule has 1 aliphatic heterocycles. The maximum atomic E-state index is 13.1. The number of amides is 1. The smallest absolute Gasteiger partial charge is 0.254 e. The molecule has 0 aliphatic carbocycles. The van der Waals surface area contributed by atoms with Gasteiger partial charge < -0.3 is 10.0 Å². The van der Waals surface area contributed by atoms with Crippen molar-refractivity contribution >= 4 is 5.91 Å². The Bertz CT molecular complexity index is 749. The van der Waals surface area contributed by atoms with Crippen molar-refractivity contribution in [2.45, 2.75) is 44.8 Å². The van der Waals surface area contributed by atoms with Crippen LogP contribution in [0.3, 0.4) is 0 Å². The lowest BCUT2D eigenvalue weighted by Gasteiger charge is -2.41. The van der Waals surface area contributed by atoms with Gasteiger partial charge in [0.15, 0.2) is 0 Å². The molecule has 0 spiro atoms. The number of rotatable bonds is 5. The van der Waals surface area contributed by atoms with Crippen molar-refractivity contribution in [2.75, 3.05) is 6.54 Å². The van der Waals surface area contributed by atoms with Gasteiger partial charge in [0, 0.05) is 12.1 Å². The number of halogens is 1. The molecule has 0 unspecified atom stereocenters. The Hall–Kier alpha value is -2.20. The molecule has 1 N–H and O–H groups in total. The van der Waals surface area contributed by atoms with Crippen molar-refractivity contribution in [1.29, 1.82) is 0 Å². The summed E-state index contributed by atoms with van der Waals surface area (Å²) in [6.07, 6.45) is 2.27. The summed E-state index contributed by atoms with van der Waals surface area (Å²) in [6, 6.07) is 14.0. The van der Waals surface area contributed by atoms with Gasteiger partial charge in [0.2, 0.25) is 0 Å². The van der Waals surface area contributed by atoms with Gasteiger partial charge in [-0.2, -0.15) is 0 Å². The number of aryl methyl sites for hydroxylation is 1. The quantitative estimate of drug-likeness (QED) is 0.889. The number of carbonyl (C=O) groups is 1. The minimum absolute atomic E-state index is 0.00526. The Morgan fingerprint density at radius 1 is 1.24 bits per heavy atom. The molecule has 2 aromatic carbocycles. The number of benzene rings is 2. The predicted molar refractivity (Wildman–Crippen MR) is 95.9 cm³/mol. The van der Waals surface area contributed by atoms with Crippen LogP contribution in [0.5, 0.6) is 0 Å². The van der Waals surface area contributed by atoms with Crippen LogP contribution in [0.4, 0.5) is 4.39 Å². The minimum atomic E-state index is -0.717. The summed E-state index contributed by atoms with van der Waals surface area (Å²) in [5, 5.41) is 9.87. The van der Waals surface area contributed by atoms with E-state index in [-0.39, 0.29) is 17.8 Å². The number of aliphatic hydroxyl groups is 1. The van der Waals surface area contributed by atoms with Crippen molar-refractivity contribution in [3.05, 3.63) is 71.0 Å². The van der Waals surface area contributed by atoms with E-state index in [9.17, 15) is 14.3 Å². The first kappa shape index (κ1) is 17.6. The molecule has 132 valence electrons. The molecule has 1 atom stereocenters. The average molecular weight is 341 g/mol. The van der Waals surface area contributed by atoms with Gasteiger partial charge in [-0.3, -0.25) is 4.79 Å². The molecular formula is C21H24FNO2. The van der Waals surface area contributed by atoms with Crippen molar-refractivity contribution < 1.29 is 14.3 Å². The monoisotopic (exact) mass is 341 g/mol. The largest absolute Gasteiger partial charge is 0.390 e. The topological polar surface area (TPSA) is 40.5 Å². The predicted octanol–water partition coefficient (Wildman–Crippen LogP) is 4.12. The maximum Gasteiger partial charge on any atom is 0.254 e. The van der Waals surface area contributed by atoms with Gasteiger partial charge in [-0.25, -0.2) is 4.39 Å². The molecule has 1 fully saturated rings. The fraction of sp³-hybridized carbons (Fsp3) is 0.381. The third-order valence-corrected chi connectivity index (χ3v) is 4.73. The van der Waals surface area contributed by atoms with E-state index in [0.29, 0.717) is 12.0 Å². The van der Waals surface area contributed by atoms with Crippen LogP contribution < -0.4 is 0 Å². The van der Waals surface area contributed by atoms with E-state index in [0.717, 1.165) is 30.5 Å². The van der Waals surface area contributed by atoms with Gasteiger partial charge in [0.25, 0.3) is 5.91 Å². The zero-order valence-corrected chi connectivity index (χ0v) is 14.7. The highest BCUT2D eigenvalue weighted by atomic mass is 19.1. The first-order chi connectivity index (χ1) is 11.8. The van der Waals surface area contributed by atoms with Gasteiger partial charge in [0.05, 0.1) is 11.6 Å². The molecule has 1 heterocycles. The summed E-state index contributed by atoms with van der Waals surface area (Å²) in [5.41, 5.74) is 1.97. The molecule has 0 radical (unpaired) electrons. The molecular weight excluding hydrogens is 317 g/mol. The molecule has 3 rings (SSSR count). The number of nitrogens with zero attached hydrogens (tertiary/aromatic N) is 1. The highest BCUT2D eigenvalue weighted by Gasteiger charge is 2.33. The molecule has 0 aromatic heterocycles. The molecule has 2 aromatic rings. The highest BCUT2D eigenvalue weighted by Crippen LogP contribution is 2.34. The number of carbonyl (C=O) groups excluding carboxylic acids is 1. The van der Waals surface area contributed by atoms with Crippen LogP contribution in [0.15, 0.2) is 48.5 Å². The zero-order valence-electron chi connectivity index (χ0n) is 14.7. The van der Waals surface area contributed by atoms with Gasteiger partial charge in [-0.05, 0) is 68.5 Å². The number of hydrogen-bond acceptors (Lipinski definition) is 2. The van der Waals surface area contributed by atoms with Gasteiger partial charge in [-0.1, -0.05) is 24.3 Å². The number of hydrogen-bond donors (Lipinski definition) is 1. The lowest BCUT2D eigenvalue weighted by atomic mass is 9.93. The molecule has 0 saturated carbocycles. The lowest BCUT2D eigenvalue weighted by Crippen LogP contribution is -2.45. The Labute approximate surface area is 148 Å². The van der Waals surface area contributed by atoms with Crippen LogP contribution in [0.25, 0.3) is 0 Å². The van der Waals surface area contributed by atoms with Crippen LogP contribution in [-0.2, 0) is 6.42 Å². The standard InChI is InChI=1S/C21H24FNO2/c1-21(2,25)12-10-15-4-3-5-17(14-15)20(24)23-13-11-19(23)16-6-8-18(22)9-7-16/h3-9,14,19,25H,10-13H2,1-2H3/t19-/m0/s1. The summed E-state index contributed by atoms with van der Waals surface area (Å²) in [7, 11) is 0. The fourth-order valence-electron chi connectivity index (χ4n) is 3.14. The van der Waals surface area contributed by atoms with Gasteiger partial charge >= 0.3 is 0 Å². The van der Waals surface area contributed by atoms with Crippen LogP contribution in [0.1, 0.15) is 54.2 Å². The van der Waals surface area contributed by atoms with Crippen LogP contribution in [-0.4, -0.2) is 28.1 Å². The van der Waals surface area contributed by atoms with Crippen molar-refractivity contribution in [1.82, 2.24) is 4.90 Å². The summed E-state index contributed by atoms with van der Waals surface area (Å²) in [4.78, 5) is 14.7. The minimum Gasteiger partial charge on any atom is -0.390 e. The fourth-order valence-corrected chi connectivity index (χ4v) is 3.14. The second-order valence-corrected chi connectivity index (χ2v) is 7.37. The maximum absolute atomic E-state index is 13.1. The molecule has 4 heteroatoms. The summed E-state index contributed by atoms with van der Waals surface area (Å²) in [5.74, 6) is -0.258. The molecule has 1 saturated heterocycles. The average Bonchev–Trinajstić information content (AvgIpc) is 2.53. The van der Waals surface area contributed by atoms with Gasteiger partial charge in [-0.15, -0.1) is 0 Å². The normalized spacial score (nSPS) is 17.3. The van der Waals surface area contributed by atoms with Crippen LogP contribution in [0, 0.1) is 5.82 Å². The third-order valence-electron chi connectivity index (χ3n) is 4.73. The molecule has 1 amide bonds. The lowest BCUT2D eigenvalue weighted by molar-refractivity contribution is 0.0460. The van der Waals surface area contributed by atoms with Crippen molar-refractivity contribution in [2.24, 2.45) is 0 Å². The molecule has 1 aliphatic rings. The van der Waals surface area contributed by atoms with E-state index >= 15 is 0 Å². The van der Waals surface area contributed by atoms with Crippen molar-refractivity contribution in [3.8, 4) is 0 Å². The van der Waals surface area contributed by atoms with E-state index in [1.807, 2.05) is 29.2 Å². The van der Waals surface area contributed by atoms with Gasteiger partial charge in [0.1, 0.15) is 5.82 Å². The van der Waals surface area contributed by atoms with E-state index in [1.165, 1.54) is 12.1 Å². The second kappa shape index (κ2) is 6.96. The third kappa shape index (κ3) is 4.26. The van der Waals surface area contributed by atoms with E-state index in [1.54, 1.807) is 26.0 Å². The molecule has 3 nitrogen and oxygen atoms in total. The first-order valence-corrected chi connectivity index (χ1v) is 8.71. The summed E-state index contributed by atoms with van der Waals surface area (Å²) in [6.45, 7) is 4.29. The summed E-state index contributed by atoms with van der Waals surface area (Å²) >= 11 is 0. The Morgan fingerprint density at radius 2 is 1.96 bits per heavy atom. The van der Waals surface area contributed by atoms with Crippen LogP contribution in [0.2, 0.25) is 0 Å². The molecule has 25 heavy (non-hydrogen) atoms. The number of likely N-dealkylation sites (tertiary alicyclic amines) is 1. The zero-order chi connectivity index (χ0) is 18.0. The van der Waals surface area contributed by atoms with Crippen molar-refractivity contribution in [3.63, 3.8) is 0 Å². The van der Waals surface area contributed by atoms with E-state index < -0.39 is 5.60 Å². The Balaban J connectivity index is 1.71. The second-order valence-electron chi connectivity index (χ2n) is 7.37. The molecule has 0 bridgehead atoms.